The summed E-state index contributed by atoms with van der Waals surface area (Å²) in [6, 6.07) is 11.0. The normalized spacial score (nSPS) is 12.1. The number of benzene rings is 2. The molecule has 0 aromatic heterocycles. The Bertz CT molecular complexity index is 885. The molecule has 1 unspecified atom stereocenters. The van der Waals surface area contributed by atoms with E-state index in [-0.39, 0.29) is 16.5 Å². The van der Waals surface area contributed by atoms with Crippen LogP contribution in [-0.4, -0.2) is 31.2 Å². The van der Waals surface area contributed by atoms with E-state index >= 15 is 0 Å². The summed E-state index contributed by atoms with van der Waals surface area (Å²) < 4.78 is 5.14. The predicted molar refractivity (Wildman–Crippen MR) is 111 cm³/mol. The molecular formula is C20H21Cl2N3O3. The molecular weight excluding hydrogens is 401 g/mol. The van der Waals surface area contributed by atoms with Gasteiger partial charge in [0.05, 0.1) is 23.9 Å². The molecule has 2 N–H and O–H groups in total. The van der Waals surface area contributed by atoms with Gasteiger partial charge < -0.3 is 10.1 Å². The predicted octanol–water partition coefficient (Wildman–Crippen LogP) is 3.91. The van der Waals surface area contributed by atoms with Gasteiger partial charge in [0, 0.05) is 5.02 Å². The molecule has 0 heterocycles. The first-order valence-corrected chi connectivity index (χ1v) is 9.30. The average molecular weight is 422 g/mol. The molecule has 148 valence electrons. The summed E-state index contributed by atoms with van der Waals surface area (Å²) in [6.45, 7) is 3.64. The molecule has 0 aliphatic rings. The second-order valence-electron chi connectivity index (χ2n) is 6.33. The molecule has 0 fully saturated rings. The van der Waals surface area contributed by atoms with E-state index < -0.39 is 17.9 Å². The number of rotatable bonds is 7. The number of carbonyl (C=O) groups is 2. The van der Waals surface area contributed by atoms with Crippen LogP contribution in [0.25, 0.3) is 0 Å². The van der Waals surface area contributed by atoms with Gasteiger partial charge >= 0.3 is 0 Å². The number of nitrogens with zero attached hydrogens (tertiary/aromatic N) is 1. The maximum Gasteiger partial charge on any atom is 0.262 e. The second-order valence-corrected chi connectivity index (χ2v) is 7.17. The quantitative estimate of drug-likeness (QED) is 0.525. The molecule has 28 heavy (non-hydrogen) atoms. The van der Waals surface area contributed by atoms with Gasteiger partial charge in [0.15, 0.2) is 0 Å². The minimum absolute atomic E-state index is 0.165. The first kappa shape index (κ1) is 21.7. The number of ether oxygens (including phenoxy) is 1. The Morgan fingerprint density at radius 1 is 1.14 bits per heavy atom. The van der Waals surface area contributed by atoms with Crippen molar-refractivity contribution in [2.45, 2.75) is 19.9 Å². The number of hydrazone groups is 1. The number of halogens is 2. The fourth-order valence-corrected chi connectivity index (χ4v) is 2.88. The zero-order chi connectivity index (χ0) is 20.7. The molecule has 2 amide bonds. The van der Waals surface area contributed by atoms with Crippen LogP contribution in [0.3, 0.4) is 0 Å². The summed E-state index contributed by atoms with van der Waals surface area (Å²) in [5.74, 6) is -0.385. The van der Waals surface area contributed by atoms with Gasteiger partial charge in [0.1, 0.15) is 11.8 Å². The molecule has 0 aliphatic heterocycles. The van der Waals surface area contributed by atoms with Gasteiger partial charge in [-0.15, -0.1) is 0 Å². The molecule has 0 bridgehead atoms. The molecule has 0 spiro atoms. The molecule has 0 aliphatic carbocycles. The Morgan fingerprint density at radius 2 is 1.89 bits per heavy atom. The first-order valence-electron chi connectivity index (χ1n) is 8.54. The van der Waals surface area contributed by atoms with Crippen LogP contribution in [0.15, 0.2) is 47.6 Å². The summed E-state index contributed by atoms with van der Waals surface area (Å²) in [4.78, 5) is 25.0. The first-order chi connectivity index (χ1) is 13.3. The molecule has 0 saturated heterocycles. The third kappa shape index (κ3) is 5.97. The van der Waals surface area contributed by atoms with Crippen LogP contribution in [0.4, 0.5) is 0 Å². The lowest BCUT2D eigenvalue weighted by Crippen LogP contribution is -2.48. The van der Waals surface area contributed by atoms with E-state index in [1.54, 1.807) is 19.2 Å². The van der Waals surface area contributed by atoms with Gasteiger partial charge in [-0.25, -0.2) is 5.43 Å². The van der Waals surface area contributed by atoms with Crippen LogP contribution in [0, 0.1) is 5.92 Å². The van der Waals surface area contributed by atoms with Crippen LogP contribution in [0.5, 0.6) is 5.75 Å². The van der Waals surface area contributed by atoms with Crippen LogP contribution in [-0.2, 0) is 4.79 Å². The lowest BCUT2D eigenvalue weighted by atomic mass is 10.0. The van der Waals surface area contributed by atoms with Gasteiger partial charge in [-0.3, -0.25) is 9.59 Å². The summed E-state index contributed by atoms with van der Waals surface area (Å²) >= 11 is 11.9. The summed E-state index contributed by atoms with van der Waals surface area (Å²) in [6.07, 6.45) is 1.50. The van der Waals surface area contributed by atoms with E-state index in [1.165, 1.54) is 18.3 Å². The van der Waals surface area contributed by atoms with Crippen molar-refractivity contribution < 1.29 is 14.3 Å². The third-order valence-electron chi connectivity index (χ3n) is 3.89. The monoisotopic (exact) mass is 421 g/mol. The molecule has 2 aromatic rings. The number of amides is 2. The largest absolute Gasteiger partial charge is 0.497 e. The van der Waals surface area contributed by atoms with Crippen molar-refractivity contribution in [1.82, 2.24) is 10.7 Å². The standard InChI is InChI=1S/C20H21Cl2N3O3/c1-12(2)18(24-19(26)16-8-7-14(21)10-17(16)22)20(27)25-23-11-13-5-4-6-15(9-13)28-3/h4-12,18H,1-3H3,(H,24,26)(H,25,27)/b23-11+. The molecule has 1 atom stereocenters. The number of hydrogen-bond acceptors (Lipinski definition) is 4. The third-order valence-corrected chi connectivity index (χ3v) is 4.44. The summed E-state index contributed by atoms with van der Waals surface area (Å²) in [5, 5.41) is 7.28. The maximum atomic E-state index is 12.5. The average Bonchev–Trinajstić information content (AvgIpc) is 2.65. The van der Waals surface area contributed by atoms with E-state index in [4.69, 9.17) is 27.9 Å². The molecule has 8 heteroatoms. The Labute approximate surface area is 173 Å². The molecule has 6 nitrogen and oxygen atoms in total. The topological polar surface area (TPSA) is 79.8 Å². The zero-order valence-corrected chi connectivity index (χ0v) is 17.2. The lowest BCUT2D eigenvalue weighted by Gasteiger charge is -2.20. The van der Waals surface area contributed by atoms with Crippen molar-refractivity contribution >= 4 is 41.2 Å². The van der Waals surface area contributed by atoms with Gasteiger partial charge in [0.25, 0.3) is 11.8 Å². The minimum Gasteiger partial charge on any atom is -0.497 e. The minimum atomic E-state index is -0.790. The number of hydrogen-bond donors (Lipinski definition) is 2. The number of nitrogens with one attached hydrogen (secondary N) is 2. The summed E-state index contributed by atoms with van der Waals surface area (Å²) in [5.41, 5.74) is 3.45. The van der Waals surface area contributed by atoms with Crippen molar-refractivity contribution in [2.75, 3.05) is 7.11 Å². The molecule has 0 saturated carbocycles. The van der Waals surface area contributed by atoms with Gasteiger partial charge in [-0.05, 0) is 41.8 Å². The number of carbonyl (C=O) groups excluding carboxylic acids is 2. The van der Waals surface area contributed by atoms with E-state index in [0.717, 1.165) is 5.56 Å². The van der Waals surface area contributed by atoms with Crippen LogP contribution in [0.1, 0.15) is 29.8 Å². The van der Waals surface area contributed by atoms with E-state index in [0.29, 0.717) is 10.8 Å². The van der Waals surface area contributed by atoms with E-state index in [1.807, 2.05) is 32.0 Å². The van der Waals surface area contributed by atoms with Crippen LogP contribution < -0.4 is 15.5 Å². The van der Waals surface area contributed by atoms with E-state index in [2.05, 4.69) is 15.8 Å². The Kier molecular flexibility index (Phi) is 7.84. The second kappa shape index (κ2) is 10.1. The molecule has 2 aromatic carbocycles. The zero-order valence-electron chi connectivity index (χ0n) is 15.7. The van der Waals surface area contributed by atoms with E-state index in [9.17, 15) is 9.59 Å². The Balaban J connectivity index is 2.05. The highest BCUT2D eigenvalue weighted by atomic mass is 35.5. The van der Waals surface area contributed by atoms with Crippen molar-refractivity contribution in [1.29, 1.82) is 0 Å². The number of methoxy groups -OCH3 is 1. The highest BCUT2D eigenvalue weighted by molar-refractivity contribution is 6.36. The Morgan fingerprint density at radius 3 is 2.54 bits per heavy atom. The van der Waals surface area contributed by atoms with Gasteiger partial charge in [-0.1, -0.05) is 49.2 Å². The fraction of sp³-hybridized carbons (Fsp3) is 0.250. The van der Waals surface area contributed by atoms with Crippen LogP contribution in [0.2, 0.25) is 10.0 Å². The fourth-order valence-electron chi connectivity index (χ4n) is 2.39. The Hall–Kier alpha value is -2.57. The van der Waals surface area contributed by atoms with Crippen molar-refractivity contribution in [2.24, 2.45) is 11.0 Å². The van der Waals surface area contributed by atoms with Crippen molar-refractivity contribution in [3.63, 3.8) is 0 Å². The smallest absolute Gasteiger partial charge is 0.262 e. The van der Waals surface area contributed by atoms with Crippen molar-refractivity contribution in [3.05, 3.63) is 63.6 Å². The highest BCUT2D eigenvalue weighted by Gasteiger charge is 2.25. The van der Waals surface area contributed by atoms with Crippen molar-refractivity contribution in [3.8, 4) is 5.75 Å². The van der Waals surface area contributed by atoms with Crippen LogP contribution >= 0.6 is 23.2 Å². The summed E-state index contributed by atoms with van der Waals surface area (Å²) in [7, 11) is 1.57. The van der Waals surface area contributed by atoms with Gasteiger partial charge in [0.2, 0.25) is 0 Å². The maximum absolute atomic E-state index is 12.5. The molecule has 2 rings (SSSR count). The molecule has 0 radical (unpaired) electrons. The highest BCUT2D eigenvalue weighted by Crippen LogP contribution is 2.21. The van der Waals surface area contributed by atoms with Gasteiger partial charge in [-0.2, -0.15) is 5.10 Å². The lowest BCUT2D eigenvalue weighted by molar-refractivity contribution is -0.123. The SMILES string of the molecule is COc1cccc(/C=N/NC(=O)C(NC(=O)c2ccc(Cl)cc2Cl)C(C)C)c1.